The molecule has 8 heteroatoms. The van der Waals surface area contributed by atoms with E-state index >= 15 is 0 Å². The van der Waals surface area contributed by atoms with Gasteiger partial charge in [0.05, 0.1) is 6.61 Å². The van der Waals surface area contributed by atoms with Crippen molar-refractivity contribution in [2.45, 2.75) is 12.8 Å². The highest BCUT2D eigenvalue weighted by atomic mass is 16.6. The number of carbonyl (C=O) groups is 1. The molecule has 0 radical (unpaired) electrons. The Bertz CT molecular complexity index is 503. The first-order chi connectivity index (χ1) is 10.1. The van der Waals surface area contributed by atoms with Gasteiger partial charge in [-0.3, -0.25) is 4.79 Å². The van der Waals surface area contributed by atoms with E-state index < -0.39 is 4.92 Å². The van der Waals surface area contributed by atoms with Gasteiger partial charge >= 0.3 is 5.82 Å². The Kier molecular flexibility index (Phi) is 4.92. The maximum Gasteiger partial charge on any atom is 0.321 e. The summed E-state index contributed by atoms with van der Waals surface area (Å²) in [7, 11) is 1.65. The van der Waals surface area contributed by atoms with Gasteiger partial charge < -0.3 is 25.5 Å². The third kappa shape index (κ3) is 3.79. The second kappa shape index (κ2) is 6.68. The second-order valence-corrected chi connectivity index (χ2v) is 5.38. The summed E-state index contributed by atoms with van der Waals surface area (Å²) in [5, 5.41) is 16.7. The standard InChI is InChI=1S/C13H20N4O4/c1-21-9-13(4-6-14-7-5-13)8-15-12(18)10-2-3-11(16-10)17(19)20/h2-3,14,16H,4-9H2,1H3,(H,15,18). The van der Waals surface area contributed by atoms with E-state index in [1.165, 1.54) is 12.1 Å². The molecule has 3 N–H and O–H groups in total. The van der Waals surface area contributed by atoms with Crippen molar-refractivity contribution < 1.29 is 14.5 Å². The Hall–Kier alpha value is -1.93. The molecule has 8 nitrogen and oxygen atoms in total. The van der Waals surface area contributed by atoms with Crippen molar-refractivity contribution in [1.29, 1.82) is 0 Å². The molecule has 0 spiro atoms. The number of hydrogen-bond acceptors (Lipinski definition) is 5. The number of rotatable bonds is 6. The van der Waals surface area contributed by atoms with E-state index in [0.29, 0.717) is 13.2 Å². The number of nitrogens with one attached hydrogen (secondary N) is 3. The van der Waals surface area contributed by atoms with Gasteiger partial charge in [-0.25, -0.2) is 4.98 Å². The molecule has 1 aliphatic heterocycles. The highest BCUT2D eigenvalue weighted by Crippen LogP contribution is 2.28. The zero-order chi connectivity index (χ0) is 15.3. The molecule has 1 amide bonds. The number of nitro groups is 1. The summed E-state index contributed by atoms with van der Waals surface area (Å²) in [5.74, 6) is -0.522. The number of aromatic nitrogens is 1. The van der Waals surface area contributed by atoms with Crippen LogP contribution in [0.2, 0.25) is 0 Å². The van der Waals surface area contributed by atoms with E-state index in [9.17, 15) is 14.9 Å². The molecule has 21 heavy (non-hydrogen) atoms. The van der Waals surface area contributed by atoms with Crippen molar-refractivity contribution in [1.82, 2.24) is 15.6 Å². The van der Waals surface area contributed by atoms with Gasteiger partial charge in [-0.2, -0.15) is 0 Å². The van der Waals surface area contributed by atoms with Crippen molar-refractivity contribution >= 4 is 11.7 Å². The largest absolute Gasteiger partial charge is 0.384 e. The van der Waals surface area contributed by atoms with Crippen molar-refractivity contribution in [3.05, 3.63) is 27.9 Å². The number of ether oxygens (including phenoxy) is 1. The minimum atomic E-state index is -0.560. The van der Waals surface area contributed by atoms with E-state index in [4.69, 9.17) is 4.74 Å². The molecule has 0 atom stereocenters. The Balaban J connectivity index is 1.96. The first kappa shape index (κ1) is 15.5. The van der Waals surface area contributed by atoms with Crippen LogP contribution in [0.25, 0.3) is 0 Å². The fourth-order valence-electron chi connectivity index (χ4n) is 2.62. The fraction of sp³-hybridized carbons (Fsp3) is 0.615. The maximum atomic E-state index is 12.0. The summed E-state index contributed by atoms with van der Waals surface area (Å²) in [6.45, 7) is 2.87. The van der Waals surface area contributed by atoms with E-state index in [1.807, 2.05) is 0 Å². The van der Waals surface area contributed by atoms with Gasteiger partial charge in [-0.1, -0.05) is 0 Å². The molecule has 0 saturated carbocycles. The van der Waals surface area contributed by atoms with Crippen molar-refractivity contribution in [3.63, 3.8) is 0 Å². The Morgan fingerprint density at radius 2 is 2.19 bits per heavy atom. The summed E-state index contributed by atoms with van der Waals surface area (Å²) in [4.78, 5) is 24.6. The molecule has 116 valence electrons. The van der Waals surface area contributed by atoms with E-state index in [1.54, 1.807) is 7.11 Å². The van der Waals surface area contributed by atoms with Crippen molar-refractivity contribution in [2.75, 3.05) is 33.4 Å². The lowest BCUT2D eigenvalue weighted by molar-refractivity contribution is -0.389. The lowest BCUT2D eigenvalue weighted by Gasteiger charge is -2.37. The molecular weight excluding hydrogens is 276 g/mol. The van der Waals surface area contributed by atoms with Gasteiger partial charge in [0.25, 0.3) is 5.91 Å². The summed E-state index contributed by atoms with van der Waals surface area (Å²) in [6, 6.07) is 2.70. The highest BCUT2D eigenvalue weighted by Gasteiger charge is 2.33. The van der Waals surface area contributed by atoms with Crippen LogP contribution in [0.5, 0.6) is 0 Å². The molecule has 0 bridgehead atoms. The summed E-state index contributed by atoms with van der Waals surface area (Å²) in [5.41, 5.74) is 0.122. The molecule has 1 aliphatic rings. The predicted molar refractivity (Wildman–Crippen MR) is 76.2 cm³/mol. The minimum Gasteiger partial charge on any atom is -0.384 e. The lowest BCUT2D eigenvalue weighted by atomic mass is 9.79. The number of hydrogen-bond donors (Lipinski definition) is 3. The molecule has 1 aromatic rings. The molecule has 0 unspecified atom stereocenters. The molecule has 2 heterocycles. The van der Waals surface area contributed by atoms with Crippen LogP contribution in [-0.2, 0) is 4.74 Å². The van der Waals surface area contributed by atoms with Crippen molar-refractivity contribution in [3.8, 4) is 0 Å². The smallest absolute Gasteiger partial charge is 0.321 e. The predicted octanol–water partition coefficient (Wildman–Crippen LogP) is 0.669. The molecule has 1 aromatic heterocycles. The molecule has 2 rings (SSSR count). The third-order valence-corrected chi connectivity index (χ3v) is 3.85. The van der Waals surface area contributed by atoms with Crippen LogP contribution in [0.3, 0.4) is 0 Å². The van der Waals surface area contributed by atoms with Crippen molar-refractivity contribution in [2.24, 2.45) is 5.41 Å². The Morgan fingerprint density at radius 1 is 1.48 bits per heavy atom. The summed E-state index contributed by atoms with van der Waals surface area (Å²) in [6.07, 6.45) is 1.85. The van der Waals surface area contributed by atoms with Gasteiger partial charge in [0, 0.05) is 25.1 Å². The summed E-state index contributed by atoms with van der Waals surface area (Å²) < 4.78 is 5.28. The van der Waals surface area contributed by atoms with Crippen LogP contribution in [0, 0.1) is 15.5 Å². The maximum absolute atomic E-state index is 12.0. The quantitative estimate of drug-likeness (QED) is 0.528. The topological polar surface area (TPSA) is 109 Å². The van der Waals surface area contributed by atoms with E-state index in [-0.39, 0.29) is 22.8 Å². The molecule has 1 fully saturated rings. The molecule has 1 saturated heterocycles. The van der Waals surface area contributed by atoms with Crippen LogP contribution in [0.4, 0.5) is 5.82 Å². The monoisotopic (exact) mass is 296 g/mol. The Morgan fingerprint density at radius 3 is 2.76 bits per heavy atom. The SMILES string of the molecule is COCC1(CNC(=O)c2ccc([N+](=O)[O-])[nH]2)CCNCC1. The summed E-state index contributed by atoms with van der Waals surface area (Å²) >= 11 is 0. The third-order valence-electron chi connectivity index (χ3n) is 3.85. The molecule has 0 aliphatic carbocycles. The number of H-pyrrole nitrogens is 1. The van der Waals surface area contributed by atoms with Crippen LogP contribution >= 0.6 is 0 Å². The number of carbonyl (C=O) groups excluding carboxylic acids is 1. The van der Waals surface area contributed by atoms with Gasteiger partial charge in [0.1, 0.15) is 0 Å². The minimum absolute atomic E-state index is 0.0752. The lowest BCUT2D eigenvalue weighted by Crippen LogP contribution is -2.47. The van der Waals surface area contributed by atoms with Gasteiger partial charge in [-0.05, 0) is 36.9 Å². The van der Waals surface area contributed by atoms with Crippen LogP contribution in [0.1, 0.15) is 23.3 Å². The average molecular weight is 296 g/mol. The van der Waals surface area contributed by atoms with Crippen LogP contribution < -0.4 is 10.6 Å². The van der Waals surface area contributed by atoms with E-state index in [2.05, 4.69) is 15.6 Å². The first-order valence-electron chi connectivity index (χ1n) is 6.88. The van der Waals surface area contributed by atoms with E-state index in [0.717, 1.165) is 25.9 Å². The Labute approximate surface area is 122 Å². The van der Waals surface area contributed by atoms with Crippen LogP contribution in [-0.4, -0.2) is 49.2 Å². The zero-order valence-corrected chi connectivity index (χ0v) is 12.0. The van der Waals surface area contributed by atoms with Gasteiger partial charge in [-0.15, -0.1) is 0 Å². The zero-order valence-electron chi connectivity index (χ0n) is 12.0. The van der Waals surface area contributed by atoms with Gasteiger partial charge in [0.15, 0.2) is 5.69 Å². The van der Waals surface area contributed by atoms with Crippen LogP contribution in [0.15, 0.2) is 12.1 Å². The molecule has 0 aromatic carbocycles. The normalized spacial score (nSPS) is 17.4. The number of piperidine rings is 1. The first-order valence-corrected chi connectivity index (χ1v) is 6.88. The number of amides is 1. The average Bonchev–Trinajstić information content (AvgIpc) is 2.96. The number of aromatic amines is 1. The number of methoxy groups -OCH3 is 1. The van der Waals surface area contributed by atoms with Gasteiger partial charge in [0.2, 0.25) is 0 Å². The fourth-order valence-corrected chi connectivity index (χ4v) is 2.62. The second-order valence-electron chi connectivity index (χ2n) is 5.38. The molecular formula is C13H20N4O4. The number of nitrogens with zero attached hydrogens (tertiary/aromatic N) is 1. The highest BCUT2D eigenvalue weighted by molar-refractivity contribution is 5.92.